The first-order valence-electron chi connectivity index (χ1n) is 8.76. The largest absolute Gasteiger partial charge is 0.482 e. The van der Waals surface area contributed by atoms with E-state index in [4.69, 9.17) is 9.47 Å². The monoisotopic (exact) mass is 369 g/mol. The zero-order valence-corrected chi connectivity index (χ0v) is 15.4. The van der Waals surface area contributed by atoms with E-state index in [1.807, 2.05) is 24.3 Å². The van der Waals surface area contributed by atoms with E-state index < -0.39 is 11.9 Å². The Labute approximate surface area is 158 Å². The normalized spacial score (nSPS) is 11.3. The number of carbonyl (C=O) groups is 3. The summed E-state index contributed by atoms with van der Waals surface area (Å²) in [6.07, 6.45) is 1.67. The molecule has 6 nitrogen and oxygen atoms in total. The molecule has 0 saturated carbocycles. The van der Waals surface area contributed by atoms with Gasteiger partial charge in [0.1, 0.15) is 12.0 Å². The lowest BCUT2D eigenvalue weighted by Gasteiger charge is -2.15. The van der Waals surface area contributed by atoms with Crippen LogP contribution in [0.4, 0.5) is 5.69 Å². The fourth-order valence-corrected chi connectivity index (χ4v) is 2.42. The Bertz CT molecular complexity index is 785. The smallest absolute Gasteiger partial charge is 0.344 e. The predicted molar refractivity (Wildman–Crippen MR) is 102 cm³/mol. The van der Waals surface area contributed by atoms with Crippen molar-refractivity contribution in [3.63, 3.8) is 0 Å². The summed E-state index contributed by atoms with van der Waals surface area (Å²) in [6.45, 7) is 3.46. The molecule has 0 aromatic heterocycles. The molecule has 0 aliphatic heterocycles. The average Bonchev–Trinajstić information content (AvgIpc) is 2.71. The van der Waals surface area contributed by atoms with Crippen LogP contribution in [0.1, 0.15) is 42.1 Å². The molecular weight excluding hydrogens is 346 g/mol. The molecule has 6 heteroatoms. The van der Waals surface area contributed by atoms with E-state index >= 15 is 0 Å². The number of hydrogen-bond acceptors (Lipinski definition) is 5. The van der Waals surface area contributed by atoms with E-state index in [2.05, 4.69) is 19.2 Å². The van der Waals surface area contributed by atoms with Crippen LogP contribution in [0.15, 0.2) is 48.5 Å². The molecule has 0 saturated heterocycles. The molecule has 1 amide bonds. The van der Waals surface area contributed by atoms with Gasteiger partial charge < -0.3 is 14.8 Å². The Morgan fingerprint density at radius 2 is 1.78 bits per heavy atom. The van der Waals surface area contributed by atoms with Gasteiger partial charge in [-0.05, 0) is 48.2 Å². The quantitative estimate of drug-likeness (QED) is 0.540. The maximum Gasteiger partial charge on any atom is 0.344 e. The predicted octanol–water partition coefficient (Wildman–Crippen LogP) is 3.57. The van der Waals surface area contributed by atoms with Gasteiger partial charge in [0.15, 0.2) is 13.2 Å². The summed E-state index contributed by atoms with van der Waals surface area (Å²) in [7, 11) is 0. The van der Waals surface area contributed by atoms with Gasteiger partial charge in [0.2, 0.25) is 0 Å². The summed E-state index contributed by atoms with van der Waals surface area (Å²) < 4.78 is 10.2. The molecule has 2 rings (SSSR count). The van der Waals surface area contributed by atoms with E-state index in [1.165, 1.54) is 0 Å². The molecule has 2 aromatic rings. The van der Waals surface area contributed by atoms with Gasteiger partial charge in [-0.2, -0.15) is 0 Å². The van der Waals surface area contributed by atoms with Crippen molar-refractivity contribution in [3.8, 4) is 5.75 Å². The number of aldehydes is 1. The Hall–Kier alpha value is -3.15. The number of carbonyl (C=O) groups excluding carboxylic acids is 3. The molecule has 0 bridgehead atoms. The summed E-state index contributed by atoms with van der Waals surface area (Å²) >= 11 is 0. The minimum absolute atomic E-state index is 0.308. The third-order valence-electron chi connectivity index (χ3n) is 4.12. The second-order valence-corrected chi connectivity index (χ2v) is 6.08. The minimum Gasteiger partial charge on any atom is -0.482 e. The average molecular weight is 369 g/mol. The van der Waals surface area contributed by atoms with Gasteiger partial charge in [0.25, 0.3) is 5.91 Å². The highest BCUT2D eigenvalue weighted by atomic mass is 16.6. The molecule has 0 radical (unpaired) electrons. The standard InChI is InChI=1S/C21H23NO5/c1-3-15(2)18-6-4-5-7-19(18)22-20(24)13-27-21(25)14-26-17-10-8-16(12-23)9-11-17/h4-12,15H,3,13-14H2,1-2H3,(H,22,24)/t15-/m1/s1. The van der Waals surface area contributed by atoms with Crippen LogP contribution in [-0.4, -0.2) is 31.4 Å². The number of para-hydroxylation sites is 1. The molecule has 2 aromatic carbocycles. The Kier molecular flexibility index (Phi) is 7.55. The van der Waals surface area contributed by atoms with Crippen molar-refractivity contribution in [2.45, 2.75) is 26.2 Å². The Morgan fingerprint density at radius 3 is 2.44 bits per heavy atom. The van der Waals surface area contributed by atoms with E-state index in [0.29, 0.717) is 17.2 Å². The maximum atomic E-state index is 12.1. The molecule has 0 unspecified atom stereocenters. The lowest BCUT2D eigenvalue weighted by molar-refractivity contribution is -0.149. The van der Waals surface area contributed by atoms with E-state index in [9.17, 15) is 14.4 Å². The number of ether oxygens (including phenoxy) is 2. The molecule has 142 valence electrons. The van der Waals surface area contributed by atoms with Crippen LogP contribution in [0.25, 0.3) is 0 Å². The molecule has 0 aliphatic carbocycles. The summed E-state index contributed by atoms with van der Waals surface area (Å²) in [5.41, 5.74) is 2.28. The van der Waals surface area contributed by atoms with Crippen molar-refractivity contribution >= 4 is 23.9 Å². The first-order chi connectivity index (χ1) is 13.0. The maximum absolute atomic E-state index is 12.1. The lowest BCUT2D eigenvalue weighted by atomic mass is 9.97. The highest BCUT2D eigenvalue weighted by Crippen LogP contribution is 2.26. The number of benzene rings is 2. The van der Waals surface area contributed by atoms with Crippen molar-refractivity contribution < 1.29 is 23.9 Å². The molecule has 0 fully saturated rings. The number of nitrogens with one attached hydrogen (secondary N) is 1. The first-order valence-corrected chi connectivity index (χ1v) is 8.76. The molecule has 27 heavy (non-hydrogen) atoms. The second kappa shape index (κ2) is 10.1. The topological polar surface area (TPSA) is 81.7 Å². The van der Waals surface area contributed by atoms with Crippen LogP contribution in [0.3, 0.4) is 0 Å². The zero-order chi connectivity index (χ0) is 19.6. The SMILES string of the molecule is CC[C@@H](C)c1ccccc1NC(=O)COC(=O)COc1ccc(C=O)cc1. The summed E-state index contributed by atoms with van der Waals surface area (Å²) in [5, 5.41) is 2.78. The highest BCUT2D eigenvalue weighted by molar-refractivity contribution is 5.93. The van der Waals surface area contributed by atoms with Gasteiger partial charge in [-0.15, -0.1) is 0 Å². The molecule has 1 N–H and O–H groups in total. The third kappa shape index (κ3) is 6.26. The molecule has 0 aliphatic rings. The lowest BCUT2D eigenvalue weighted by Crippen LogP contribution is -2.24. The molecule has 0 spiro atoms. The van der Waals surface area contributed by atoms with Crippen molar-refractivity contribution in [1.29, 1.82) is 0 Å². The molecular formula is C21H23NO5. The van der Waals surface area contributed by atoms with Crippen LogP contribution in [0.5, 0.6) is 5.75 Å². The van der Waals surface area contributed by atoms with E-state index in [1.54, 1.807) is 24.3 Å². The summed E-state index contributed by atoms with van der Waals surface area (Å²) in [4.78, 5) is 34.4. The summed E-state index contributed by atoms with van der Waals surface area (Å²) in [6, 6.07) is 13.9. The van der Waals surface area contributed by atoms with Crippen LogP contribution in [0, 0.1) is 0 Å². The van der Waals surface area contributed by atoms with E-state index in [-0.39, 0.29) is 13.2 Å². The second-order valence-electron chi connectivity index (χ2n) is 6.08. The van der Waals surface area contributed by atoms with Gasteiger partial charge in [0.05, 0.1) is 0 Å². The molecule has 0 heterocycles. The number of esters is 1. The minimum atomic E-state index is -0.653. The number of anilines is 1. The van der Waals surface area contributed by atoms with Gasteiger partial charge in [0, 0.05) is 11.3 Å². The van der Waals surface area contributed by atoms with Crippen LogP contribution in [0.2, 0.25) is 0 Å². The fraction of sp³-hybridized carbons (Fsp3) is 0.286. The zero-order valence-electron chi connectivity index (χ0n) is 15.4. The van der Waals surface area contributed by atoms with Crippen molar-refractivity contribution in [1.82, 2.24) is 0 Å². The summed E-state index contributed by atoms with van der Waals surface area (Å²) in [5.74, 6) is -0.318. The first kappa shape index (κ1) is 20.2. The fourth-order valence-electron chi connectivity index (χ4n) is 2.42. The van der Waals surface area contributed by atoms with Crippen molar-refractivity contribution in [3.05, 3.63) is 59.7 Å². The van der Waals surface area contributed by atoms with Crippen LogP contribution < -0.4 is 10.1 Å². The molecule has 1 atom stereocenters. The van der Waals surface area contributed by atoms with Crippen LogP contribution >= 0.6 is 0 Å². The van der Waals surface area contributed by atoms with Crippen molar-refractivity contribution in [2.75, 3.05) is 18.5 Å². The van der Waals surface area contributed by atoms with Crippen molar-refractivity contribution in [2.24, 2.45) is 0 Å². The highest BCUT2D eigenvalue weighted by Gasteiger charge is 2.13. The number of hydrogen-bond donors (Lipinski definition) is 1. The number of amides is 1. The Balaban J connectivity index is 1.79. The Morgan fingerprint density at radius 1 is 1.07 bits per heavy atom. The van der Waals surface area contributed by atoms with Gasteiger partial charge in [-0.3, -0.25) is 9.59 Å². The van der Waals surface area contributed by atoms with Gasteiger partial charge in [-0.1, -0.05) is 32.0 Å². The van der Waals surface area contributed by atoms with Gasteiger partial charge >= 0.3 is 5.97 Å². The van der Waals surface area contributed by atoms with Crippen LogP contribution in [-0.2, 0) is 14.3 Å². The third-order valence-corrected chi connectivity index (χ3v) is 4.12. The van der Waals surface area contributed by atoms with Gasteiger partial charge in [-0.25, -0.2) is 4.79 Å². The number of rotatable bonds is 9. The van der Waals surface area contributed by atoms with E-state index in [0.717, 1.165) is 24.0 Å².